The van der Waals surface area contributed by atoms with Gasteiger partial charge in [-0.15, -0.1) is 0 Å². The zero-order valence-corrected chi connectivity index (χ0v) is 18.5. The van der Waals surface area contributed by atoms with Gasteiger partial charge in [0.05, 0.1) is 12.8 Å². The standard InChI is InChI=1S/C24H26N4O5/c1-15(2)13-31-24(30)27-20(10-17-12-25-19-6-4-3-5-18(17)19)23(29)28-26-11-16-7-8-21-22(9-16)33-14-32-21/h3-9,11-12,15,20,25H,10,13-14H2,1-2H3,(H,27,30)(H,28,29)/b26-11-/t20-/m0/s1. The summed E-state index contributed by atoms with van der Waals surface area (Å²) in [4.78, 5) is 28.4. The van der Waals surface area contributed by atoms with E-state index in [0.29, 0.717) is 11.5 Å². The van der Waals surface area contributed by atoms with Crippen LogP contribution in [0.2, 0.25) is 0 Å². The lowest BCUT2D eigenvalue weighted by Gasteiger charge is -2.17. The number of carbonyl (C=O) groups is 2. The number of amides is 2. The summed E-state index contributed by atoms with van der Waals surface area (Å²) in [5, 5.41) is 7.68. The van der Waals surface area contributed by atoms with Gasteiger partial charge in [-0.3, -0.25) is 4.79 Å². The van der Waals surface area contributed by atoms with Crippen LogP contribution < -0.4 is 20.2 Å². The molecule has 1 aromatic heterocycles. The highest BCUT2D eigenvalue weighted by atomic mass is 16.7. The Hall–Kier alpha value is -4.01. The number of carbonyl (C=O) groups excluding carboxylic acids is 2. The summed E-state index contributed by atoms with van der Waals surface area (Å²) in [5.41, 5.74) is 5.09. The fourth-order valence-electron chi connectivity index (χ4n) is 3.40. The molecule has 0 aliphatic carbocycles. The van der Waals surface area contributed by atoms with E-state index in [0.717, 1.165) is 22.0 Å². The molecule has 9 heteroatoms. The first-order valence-electron chi connectivity index (χ1n) is 10.7. The lowest BCUT2D eigenvalue weighted by Crippen LogP contribution is -2.47. The molecular formula is C24H26N4O5. The highest BCUT2D eigenvalue weighted by Gasteiger charge is 2.23. The molecule has 0 bridgehead atoms. The van der Waals surface area contributed by atoms with Gasteiger partial charge >= 0.3 is 6.09 Å². The maximum Gasteiger partial charge on any atom is 0.407 e. The Kier molecular flexibility index (Phi) is 6.77. The van der Waals surface area contributed by atoms with E-state index in [1.165, 1.54) is 6.21 Å². The van der Waals surface area contributed by atoms with Gasteiger partial charge in [0.15, 0.2) is 11.5 Å². The molecule has 2 heterocycles. The van der Waals surface area contributed by atoms with E-state index in [4.69, 9.17) is 14.2 Å². The number of hydrogen-bond acceptors (Lipinski definition) is 6. The average molecular weight is 450 g/mol. The number of aromatic nitrogens is 1. The molecule has 1 aliphatic rings. The summed E-state index contributed by atoms with van der Waals surface area (Å²) in [6, 6.07) is 12.2. The topological polar surface area (TPSA) is 114 Å². The molecule has 9 nitrogen and oxygen atoms in total. The van der Waals surface area contributed by atoms with Gasteiger partial charge in [0.2, 0.25) is 6.79 Å². The van der Waals surface area contributed by atoms with Crippen LogP contribution in [0.25, 0.3) is 10.9 Å². The highest BCUT2D eigenvalue weighted by molar-refractivity contribution is 5.89. The van der Waals surface area contributed by atoms with Crippen LogP contribution >= 0.6 is 0 Å². The summed E-state index contributed by atoms with van der Waals surface area (Å²) < 4.78 is 15.8. The number of hydrazone groups is 1. The van der Waals surface area contributed by atoms with Gasteiger partial charge in [0.25, 0.3) is 5.91 Å². The van der Waals surface area contributed by atoms with Crippen molar-refractivity contribution in [2.75, 3.05) is 13.4 Å². The predicted molar refractivity (Wildman–Crippen MR) is 123 cm³/mol. The maximum absolute atomic E-state index is 12.9. The molecule has 3 aromatic rings. The second kappa shape index (κ2) is 10.1. The largest absolute Gasteiger partial charge is 0.454 e. The van der Waals surface area contributed by atoms with E-state index >= 15 is 0 Å². The van der Waals surface area contributed by atoms with E-state index < -0.39 is 18.0 Å². The van der Waals surface area contributed by atoms with Crippen LogP contribution in [0.1, 0.15) is 25.0 Å². The first kappa shape index (κ1) is 22.2. The second-order valence-electron chi connectivity index (χ2n) is 8.10. The van der Waals surface area contributed by atoms with E-state index in [-0.39, 0.29) is 25.7 Å². The molecule has 1 aliphatic heterocycles. The number of alkyl carbamates (subject to hydrolysis) is 1. The van der Waals surface area contributed by atoms with Crippen LogP contribution in [0.5, 0.6) is 11.5 Å². The van der Waals surface area contributed by atoms with Gasteiger partial charge in [-0.25, -0.2) is 10.2 Å². The molecule has 0 saturated heterocycles. The molecule has 0 radical (unpaired) electrons. The van der Waals surface area contributed by atoms with Crippen molar-refractivity contribution in [3.05, 3.63) is 59.8 Å². The van der Waals surface area contributed by atoms with Crippen molar-refractivity contribution in [3.63, 3.8) is 0 Å². The fourth-order valence-corrected chi connectivity index (χ4v) is 3.40. The number of hydrogen-bond donors (Lipinski definition) is 3. The van der Waals surface area contributed by atoms with Crippen molar-refractivity contribution in [2.24, 2.45) is 11.0 Å². The Bertz CT molecular complexity index is 1170. The van der Waals surface area contributed by atoms with Gasteiger partial charge in [-0.1, -0.05) is 32.0 Å². The summed E-state index contributed by atoms with van der Waals surface area (Å²) in [6.07, 6.45) is 2.96. The Morgan fingerprint density at radius 2 is 2.00 bits per heavy atom. The summed E-state index contributed by atoms with van der Waals surface area (Å²) in [6.45, 7) is 4.32. The van der Waals surface area contributed by atoms with Crippen LogP contribution in [0.4, 0.5) is 4.79 Å². The number of aromatic amines is 1. The number of fused-ring (bicyclic) bond motifs is 2. The molecule has 0 spiro atoms. The molecule has 0 unspecified atom stereocenters. The SMILES string of the molecule is CC(C)COC(=O)N[C@@H](Cc1c[nH]c2ccccc12)C(=O)N/N=C\c1ccc2c(c1)OCO2. The zero-order valence-electron chi connectivity index (χ0n) is 18.5. The van der Waals surface area contributed by atoms with Crippen molar-refractivity contribution in [2.45, 2.75) is 26.3 Å². The van der Waals surface area contributed by atoms with Gasteiger partial charge in [0.1, 0.15) is 6.04 Å². The Morgan fingerprint density at radius 1 is 1.18 bits per heavy atom. The highest BCUT2D eigenvalue weighted by Crippen LogP contribution is 2.31. The van der Waals surface area contributed by atoms with Crippen molar-refractivity contribution in [1.82, 2.24) is 15.7 Å². The van der Waals surface area contributed by atoms with Crippen LogP contribution in [0.3, 0.4) is 0 Å². The van der Waals surface area contributed by atoms with E-state index in [1.807, 2.05) is 44.3 Å². The second-order valence-corrected chi connectivity index (χ2v) is 8.10. The molecule has 172 valence electrons. The number of ether oxygens (including phenoxy) is 3. The van der Waals surface area contributed by atoms with Crippen LogP contribution in [-0.4, -0.2) is 42.6 Å². The smallest absolute Gasteiger partial charge is 0.407 e. The van der Waals surface area contributed by atoms with Gasteiger partial charge < -0.3 is 24.5 Å². The summed E-state index contributed by atoms with van der Waals surface area (Å²) in [5.74, 6) is 1.01. The Labute approximate surface area is 191 Å². The number of benzene rings is 2. The fraction of sp³-hybridized carbons (Fsp3) is 0.292. The normalized spacial score (nSPS) is 13.4. The van der Waals surface area contributed by atoms with Gasteiger partial charge in [0, 0.05) is 23.5 Å². The third kappa shape index (κ3) is 5.62. The van der Waals surface area contributed by atoms with Crippen LogP contribution in [-0.2, 0) is 16.0 Å². The van der Waals surface area contributed by atoms with Gasteiger partial charge in [-0.05, 0) is 41.3 Å². The molecule has 1 atom stereocenters. The third-order valence-corrected chi connectivity index (χ3v) is 5.04. The molecule has 0 fully saturated rings. The van der Waals surface area contributed by atoms with Crippen LogP contribution in [0, 0.1) is 5.92 Å². The maximum atomic E-state index is 12.9. The van der Waals surface area contributed by atoms with Gasteiger partial charge in [-0.2, -0.15) is 5.10 Å². The van der Waals surface area contributed by atoms with E-state index in [9.17, 15) is 9.59 Å². The lowest BCUT2D eigenvalue weighted by molar-refractivity contribution is -0.123. The molecule has 2 aromatic carbocycles. The first-order chi connectivity index (χ1) is 16.0. The average Bonchev–Trinajstić information content (AvgIpc) is 3.44. The molecular weight excluding hydrogens is 424 g/mol. The minimum absolute atomic E-state index is 0.181. The van der Waals surface area contributed by atoms with E-state index in [2.05, 4.69) is 20.8 Å². The minimum Gasteiger partial charge on any atom is -0.454 e. The van der Waals surface area contributed by atoms with Crippen LogP contribution in [0.15, 0.2) is 53.8 Å². The lowest BCUT2D eigenvalue weighted by atomic mass is 10.0. The third-order valence-electron chi connectivity index (χ3n) is 5.04. The number of para-hydroxylation sites is 1. The van der Waals surface area contributed by atoms with Crippen molar-refractivity contribution < 1.29 is 23.8 Å². The Balaban J connectivity index is 1.45. The number of rotatable bonds is 8. The zero-order chi connectivity index (χ0) is 23.2. The molecule has 0 saturated carbocycles. The number of nitrogens with one attached hydrogen (secondary N) is 3. The molecule has 2 amide bonds. The summed E-state index contributed by atoms with van der Waals surface area (Å²) in [7, 11) is 0. The molecule has 33 heavy (non-hydrogen) atoms. The van der Waals surface area contributed by atoms with Crippen molar-refractivity contribution in [3.8, 4) is 11.5 Å². The molecule has 4 rings (SSSR count). The van der Waals surface area contributed by atoms with Crippen molar-refractivity contribution >= 4 is 29.1 Å². The quantitative estimate of drug-likeness (QED) is 0.360. The number of H-pyrrole nitrogens is 1. The minimum atomic E-state index is -0.877. The molecule has 3 N–H and O–H groups in total. The monoisotopic (exact) mass is 450 g/mol. The van der Waals surface area contributed by atoms with E-state index in [1.54, 1.807) is 18.2 Å². The Morgan fingerprint density at radius 3 is 2.85 bits per heavy atom. The summed E-state index contributed by atoms with van der Waals surface area (Å²) >= 11 is 0. The van der Waals surface area contributed by atoms with Crippen molar-refractivity contribution in [1.29, 1.82) is 0 Å². The number of nitrogens with zero attached hydrogens (tertiary/aromatic N) is 1. The first-order valence-corrected chi connectivity index (χ1v) is 10.7. The predicted octanol–water partition coefficient (Wildman–Crippen LogP) is 3.34.